The van der Waals surface area contributed by atoms with Crippen molar-refractivity contribution in [1.82, 2.24) is 9.88 Å². The third kappa shape index (κ3) is 2.47. The van der Waals surface area contributed by atoms with Gasteiger partial charge >= 0.3 is 0 Å². The molecule has 0 spiro atoms. The largest absolute Gasteiger partial charge is 0.508 e. The Kier molecular flexibility index (Phi) is 3.47. The van der Waals surface area contributed by atoms with Crippen molar-refractivity contribution >= 4 is 10.9 Å². The van der Waals surface area contributed by atoms with Crippen LogP contribution in [-0.2, 0) is 13.1 Å². The van der Waals surface area contributed by atoms with E-state index < -0.39 is 0 Å². The number of nitrogens with one attached hydrogen (secondary N) is 1. The van der Waals surface area contributed by atoms with E-state index in [9.17, 15) is 5.11 Å². The number of hydrogen-bond acceptors (Lipinski definition) is 2. The van der Waals surface area contributed by atoms with Crippen LogP contribution in [0.5, 0.6) is 5.75 Å². The van der Waals surface area contributed by atoms with Gasteiger partial charge in [0.25, 0.3) is 0 Å². The molecule has 0 bridgehead atoms. The molecule has 1 aliphatic rings. The minimum atomic E-state index is 0.343. The van der Waals surface area contributed by atoms with Crippen molar-refractivity contribution in [3.63, 3.8) is 0 Å². The average molecular weight is 258 g/mol. The predicted molar refractivity (Wildman–Crippen MR) is 78.4 cm³/mol. The van der Waals surface area contributed by atoms with Gasteiger partial charge in [-0.05, 0) is 37.5 Å². The van der Waals surface area contributed by atoms with Crippen LogP contribution in [-0.4, -0.2) is 15.7 Å². The van der Waals surface area contributed by atoms with Crippen LogP contribution in [0.15, 0.2) is 24.4 Å². The van der Waals surface area contributed by atoms with E-state index >= 15 is 0 Å². The molecule has 1 aromatic carbocycles. The normalized spacial score (nSPS) is 16.5. The minimum absolute atomic E-state index is 0.343. The number of aromatic hydroxyl groups is 1. The van der Waals surface area contributed by atoms with E-state index in [1.54, 1.807) is 6.07 Å². The van der Waals surface area contributed by atoms with E-state index in [1.807, 2.05) is 12.1 Å². The lowest BCUT2D eigenvalue weighted by molar-refractivity contribution is 0.476. The zero-order valence-corrected chi connectivity index (χ0v) is 11.5. The lowest BCUT2D eigenvalue weighted by Gasteiger charge is -2.10. The fourth-order valence-corrected chi connectivity index (χ4v) is 3.14. The van der Waals surface area contributed by atoms with E-state index in [1.165, 1.54) is 36.6 Å². The molecule has 3 heteroatoms. The zero-order chi connectivity index (χ0) is 13.2. The van der Waals surface area contributed by atoms with E-state index in [2.05, 4.69) is 23.0 Å². The summed E-state index contributed by atoms with van der Waals surface area (Å²) >= 11 is 0. The highest BCUT2D eigenvalue weighted by atomic mass is 16.3. The molecule has 0 saturated heterocycles. The molecule has 0 radical (unpaired) electrons. The molecule has 1 fully saturated rings. The first kappa shape index (κ1) is 12.5. The molecule has 1 saturated carbocycles. The molecular weight excluding hydrogens is 236 g/mol. The maximum atomic E-state index is 9.63. The number of benzene rings is 1. The van der Waals surface area contributed by atoms with E-state index in [0.717, 1.165) is 18.6 Å². The first-order valence-electron chi connectivity index (χ1n) is 7.32. The van der Waals surface area contributed by atoms with Gasteiger partial charge in [-0.3, -0.25) is 0 Å². The number of phenols is 1. The minimum Gasteiger partial charge on any atom is -0.508 e. The number of fused-ring (bicyclic) bond motifs is 1. The van der Waals surface area contributed by atoms with E-state index in [0.29, 0.717) is 11.8 Å². The highest BCUT2D eigenvalue weighted by Gasteiger charge is 2.15. The maximum Gasteiger partial charge on any atom is 0.117 e. The Morgan fingerprint density at radius 3 is 2.84 bits per heavy atom. The Bertz CT molecular complexity index is 567. The molecule has 0 aliphatic heterocycles. The molecule has 1 aliphatic carbocycles. The van der Waals surface area contributed by atoms with Crippen LogP contribution < -0.4 is 5.32 Å². The summed E-state index contributed by atoms with van der Waals surface area (Å²) in [6.07, 6.45) is 7.57. The second kappa shape index (κ2) is 5.25. The first-order valence-corrected chi connectivity index (χ1v) is 7.32. The Labute approximate surface area is 114 Å². The molecule has 0 atom stereocenters. The third-order valence-corrected chi connectivity index (χ3v) is 4.23. The van der Waals surface area contributed by atoms with Crippen molar-refractivity contribution in [3.8, 4) is 5.75 Å². The summed E-state index contributed by atoms with van der Waals surface area (Å²) in [6.45, 7) is 4.00. The molecule has 1 aromatic heterocycles. The van der Waals surface area contributed by atoms with E-state index in [4.69, 9.17) is 0 Å². The van der Waals surface area contributed by atoms with Gasteiger partial charge in [0, 0.05) is 36.8 Å². The Morgan fingerprint density at radius 2 is 2.11 bits per heavy atom. The number of aromatic nitrogens is 1. The van der Waals surface area contributed by atoms with Gasteiger partial charge in [-0.2, -0.15) is 0 Å². The van der Waals surface area contributed by atoms with Gasteiger partial charge in [0.05, 0.1) is 5.52 Å². The maximum absolute atomic E-state index is 9.63. The topological polar surface area (TPSA) is 37.2 Å². The first-order chi connectivity index (χ1) is 9.28. The smallest absolute Gasteiger partial charge is 0.117 e. The highest BCUT2D eigenvalue weighted by molar-refractivity contribution is 5.85. The van der Waals surface area contributed by atoms with Gasteiger partial charge in [-0.1, -0.05) is 12.8 Å². The van der Waals surface area contributed by atoms with Gasteiger partial charge in [0.1, 0.15) is 5.75 Å². The molecule has 102 valence electrons. The molecule has 1 heterocycles. The monoisotopic (exact) mass is 258 g/mol. The average Bonchev–Trinajstić information content (AvgIpc) is 3.03. The van der Waals surface area contributed by atoms with Crippen LogP contribution in [0.1, 0.15) is 38.2 Å². The second-order valence-corrected chi connectivity index (χ2v) is 5.50. The summed E-state index contributed by atoms with van der Waals surface area (Å²) in [4.78, 5) is 0. The van der Waals surface area contributed by atoms with Crippen LogP contribution in [0.3, 0.4) is 0 Å². The molecule has 2 N–H and O–H groups in total. The Hall–Kier alpha value is -1.48. The van der Waals surface area contributed by atoms with Gasteiger partial charge < -0.3 is 15.0 Å². The van der Waals surface area contributed by atoms with Crippen LogP contribution in [0, 0.1) is 0 Å². The molecule has 0 unspecified atom stereocenters. The SMILES string of the molecule is CCn1cc(CNC2CCCC2)c2ccc(O)cc21. The van der Waals surface area contributed by atoms with Crippen LogP contribution in [0.4, 0.5) is 0 Å². The summed E-state index contributed by atoms with van der Waals surface area (Å²) in [5.74, 6) is 0.343. The quantitative estimate of drug-likeness (QED) is 0.882. The van der Waals surface area contributed by atoms with Crippen molar-refractivity contribution < 1.29 is 5.11 Å². The Balaban J connectivity index is 1.85. The number of rotatable bonds is 4. The molecule has 2 aromatic rings. The molecule has 0 amide bonds. The highest BCUT2D eigenvalue weighted by Crippen LogP contribution is 2.26. The summed E-state index contributed by atoms with van der Waals surface area (Å²) in [6, 6.07) is 6.36. The summed E-state index contributed by atoms with van der Waals surface area (Å²) < 4.78 is 2.21. The predicted octanol–water partition coefficient (Wildman–Crippen LogP) is 3.40. The number of aryl methyl sites for hydroxylation is 1. The van der Waals surface area contributed by atoms with Crippen molar-refractivity contribution in [1.29, 1.82) is 0 Å². The fraction of sp³-hybridized carbons (Fsp3) is 0.500. The summed E-state index contributed by atoms with van der Waals surface area (Å²) in [7, 11) is 0. The molecular formula is C16H22N2O. The van der Waals surface area contributed by atoms with Gasteiger partial charge in [-0.25, -0.2) is 0 Å². The Morgan fingerprint density at radius 1 is 1.32 bits per heavy atom. The lowest BCUT2D eigenvalue weighted by Crippen LogP contribution is -2.25. The van der Waals surface area contributed by atoms with Gasteiger partial charge in [0.2, 0.25) is 0 Å². The number of phenolic OH excluding ortho intramolecular Hbond substituents is 1. The van der Waals surface area contributed by atoms with Crippen molar-refractivity contribution in [2.24, 2.45) is 0 Å². The number of nitrogens with zero attached hydrogens (tertiary/aromatic N) is 1. The van der Waals surface area contributed by atoms with Crippen molar-refractivity contribution in [2.45, 2.75) is 51.7 Å². The van der Waals surface area contributed by atoms with Gasteiger partial charge in [0.15, 0.2) is 0 Å². The molecule has 3 nitrogen and oxygen atoms in total. The standard InChI is InChI=1S/C16H22N2O/c1-2-18-11-12(10-17-13-5-3-4-6-13)15-8-7-14(19)9-16(15)18/h7-9,11,13,17,19H,2-6,10H2,1H3. The third-order valence-electron chi connectivity index (χ3n) is 4.23. The van der Waals surface area contributed by atoms with Crippen LogP contribution in [0.2, 0.25) is 0 Å². The lowest BCUT2D eigenvalue weighted by atomic mass is 10.1. The number of hydrogen-bond donors (Lipinski definition) is 2. The van der Waals surface area contributed by atoms with Crippen LogP contribution >= 0.6 is 0 Å². The second-order valence-electron chi connectivity index (χ2n) is 5.50. The zero-order valence-electron chi connectivity index (χ0n) is 11.5. The molecule has 3 rings (SSSR count). The summed E-state index contributed by atoms with van der Waals surface area (Å²) in [5, 5.41) is 14.6. The van der Waals surface area contributed by atoms with Crippen molar-refractivity contribution in [3.05, 3.63) is 30.0 Å². The van der Waals surface area contributed by atoms with Crippen LogP contribution in [0.25, 0.3) is 10.9 Å². The summed E-state index contributed by atoms with van der Waals surface area (Å²) in [5.41, 5.74) is 2.47. The molecule has 19 heavy (non-hydrogen) atoms. The fourth-order valence-electron chi connectivity index (χ4n) is 3.14. The van der Waals surface area contributed by atoms with Gasteiger partial charge in [-0.15, -0.1) is 0 Å². The van der Waals surface area contributed by atoms with Crippen molar-refractivity contribution in [2.75, 3.05) is 0 Å². The van der Waals surface area contributed by atoms with E-state index in [-0.39, 0.29) is 0 Å².